The van der Waals surface area contributed by atoms with Gasteiger partial charge in [-0.3, -0.25) is 0 Å². The van der Waals surface area contributed by atoms with E-state index in [1.807, 2.05) is 27.7 Å². The molecule has 0 aromatic rings. The van der Waals surface area contributed by atoms with Crippen LogP contribution in [0.3, 0.4) is 0 Å². The SMILES string of the molecule is CC(C)CNS(=O)(=O)NC(C)(C)CCN. The van der Waals surface area contributed by atoms with Crippen molar-refractivity contribution in [2.45, 2.75) is 39.7 Å². The molecule has 0 aliphatic heterocycles. The Morgan fingerprint density at radius 2 is 1.87 bits per heavy atom. The van der Waals surface area contributed by atoms with Gasteiger partial charge in [0.2, 0.25) is 0 Å². The highest BCUT2D eigenvalue weighted by Gasteiger charge is 2.23. The van der Waals surface area contributed by atoms with Gasteiger partial charge in [-0.15, -0.1) is 0 Å². The van der Waals surface area contributed by atoms with E-state index in [4.69, 9.17) is 5.73 Å². The zero-order chi connectivity index (χ0) is 12.1. The molecule has 92 valence electrons. The molecule has 0 heterocycles. The first-order valence-electron chi connectivity index (χ1n) is 5.17. The van der Waals surface area contributed by atoms with Crippen LogP contribution >= 0.6 is 0 Å². The second-order valence-electron chi connectivity index (χ2n) is 4.77. The standard InChI is InChI=1S/C9H23N3O2S/c1-8(2)7-11-15(13,14)12-9(3,4)5-6-10/h8,11-12H,5-7,10H2,1-4H3. The molecule has 0 rings (SSSR count). The van der Waals surface area contributed by atoms with Crippen molar-refractivity contribution >= 4 is 10.2 Å². The van der Waals surface area contributed by atoms with E-state index < -0.39 is 15.7 Å². The van der Waals surface area contributed by atoms with Gasteiger partial charge in [-0.25, -0.2) is 4.72 Å². The molecular weight excluding hydrogens is 214 g/mol. The summed E-state index contributed by atoms with van der Waals surface area (Å²) in [5, 5.41) is 0. The van der Waals surface area contributed by atoms with Crippen LogP contribution in [0.1, 0.15) is 34.1 Å². The Balaban J connectivity index is 4.25. The van der Waals surface area contributed by atoms with Crippen molar-refractivity contribution in [1.29, 1.82) is 0 Å². The molecule has 0 aromatic carbocycles. The lowest BCUT2D eigenvalue weighted by atomic mass is 10.0. The van der Waals surface area contributed by atoms with Crippen molar-refractivity contribution in [3.63, 3.8) is 0 Å². The van der Waals surface area contributed by atoms with E-state index >= 15 is 0 Å². The molecule has 0 amide bonds. The zero-order valence-corrected chi connectivity index (χ0v) is 10.8. The molecule has 0 saturated heterocycles. The average molecular weight is 237 g/mol. The molecule has 0 fully saturated rings. The van der Waals surface area contributed by atoms with Gasteiger partial charge in [0.1, 0.15) is 0 Å². The third-order valence-electron chi connectivity index (χ3n) is 1.86. The highest BCUT2D eigenvalue weighted by molar-refractivity contribution is 7.87. The molecule has 0 aromatic heterocycles. The first kappa shape index (κ1) is 14.8. The maximum atomic E-state index is 11.6. The summed E-state index contributed by atoms with van der Waals surface area (Å²) in [7, 11) is -3.41. The number of hydrogen-bond acceptors (Lipinski definition) is 3. The lowest BCUT2D eigenvalue weighted by Crippen LogP contribution is -2.50. The maximum absolute atomic E-state index is 11.6. The van der Waals surface area contributed by atoms with Crippen molar-refractivity contribution in [2.24, 2.45) is 11.7 Å². The van der Waals surface area contributed by atoms with Crippen molar-refractivity contribution in [3.05, 3.63) is 0 Å². The first-order chi connectivity index (χ1) is 6.68. The summed E-state index contributed by atoms with van der Waals surface area (Å²) in [5.41, 5.74) is 4.90. The summed E-state index contributed by atoms with van der Waals surface area (Å²) in [5.74, 6) is 0.291. The summed E-state index contributed by atoms with van der Waals surface area (Å²) in [6.07, 6.45) is 0.607. The van der Waals surface area contributed by atoms with Crippen molar-refractivity contribution in [3.8, 4) is 0 Å². The topological polar surface area (TPSA) is 84.2 Å². The van der Waals surface area contributed by atoms with E-state index in [9.17, 15) is 8.42 Å². The molecule has 5 nitrogen and oxygen atoms in total. The molecule has 0 aliphatic carbocycles. The molecule has 4 N–H and O–H groups in total. The second kappa shape index (κ2) is 5.79. The number of hydrogen-bond donors (Lipinski definition) is 3. The predicted molar refractivity (Wildman–Crippen MR) is 62.6 cm³/mol. The van der Waals surface area contributed by atoms with Crippen molar-refractivity contribution < 1.29 is 8.42 Å². The molecule has 0 unspecified atom stereocenters. The molecule has 0 spiro atoms. The Kier molecular flexibility index (Phi) is 5.72. The quantitative estimate of drug-likeness (QED) is 0.591. The Bertz CT molecular complexity index is 273. The predicted octanol–water partition coefficient (Wildman–Crippen LogP) is 0.194. The van der Waals surface area contributed by atoms with E-state index in [0.717, 1.165) is 0 Å². The minimum Gasteiger partial charge on any atom is -0.330 e. The molecule has 0 atom stereocenters. The summed E-state index contributed by atoms with van der Waals surface area (Å²) < 4.78 is 28.2. The Morgan fingerprint density at radius 1 is 1.33 bits per heavy atom. The van der Waals surface area contributed by atoms with Gasteiger partial charge in [0.15, 0.2) is 0 Å². The minimum absolute atomic E-state index is 0.291. The third-order valence-corrected chi connectivity index (χ3v) is 3.23. The zero-order valence-electron chi connectivity index (χ0n) is 10.0. The van der Waals surface area contributed by atoms with Crippen LogP contribution in [0.15, 0.2) is 0 Å². The van der Waals surface area contributed by atoms with Crippen LogP contribution in [0.5, 0.6) is 0 Å². The average Bonchev–Trinajstić information content (AvgIpc) is 1.98. The van der Waals surface area contributed by atoms with E-state index in [2.05, 4.69) is 9.44 Å². The maximum Gasteiger partial charge on any atom is 0.277 e. The van der Waals surface area contributed by atoms with Crippen LogP contribution in [-0.2, 0) is 10.2 Å². The van der Waals surface area contributed by atoms with Crippen LogP contribution in [0.25, 0.3) is 0 Å². The van der Waals surface area contributed by atoms with Crippen LogP contribution in [0, 0.1) is 5.92 Å². The largest absolute Gasteiger partial charge is 0.330 e. The van der Waals surface area contributed by atoms with Crippen LogP contribution < -0.4 is 15.2 Å². The molecular formula is C9H23N3O2S. The fourth-order valence-electron chi connectivity index (χ4n) is 1.09. The molecule has 6 heteroatoms. The molecule has 0 saturated carbocycles. The monoisotopic (exact) mass is 237 g/mol. The van der Waals surface area contributed by atoms with E-state index in [0.29, 0.717) is 25.4 Å². The summed E-state index contributed by atoms with van der Waals surface area (Å²) in [4.78, 5) is 0. The number of nitrogens with two attached hydrogens (primary N) is 1. The highest BCUT2D eigenvalue weighted by Crippen LogP contribution is 2.07. The lowest BCUT2D eigenvalue weighted by Gasteiger charge is -2.25. The highest BCUT2D eigenvalue weighted by atomic mass is 32.2. The lowest BCUT2D eigenvalue weighted by molar-refractivity contribution is 0.422. The number of nitrogens with one attached hydrogen (secondary N) is 2. The van der Waals surface area contributed by atoms with Gasteiger partial charge in [-0.05, 0) is 32.7 Å². The van der Waals surface area contributed by atoms with Crippen molar-refractivity contribution in [1.82, 2.24) is 9.44 Å². The second-order valence-corrected chi connectivity index (χ2v) is 6.27. The Hall–Kier alpha value is -0.170. The minimum atomic E-state index is -3.41. The van der Waals surface area contributed by atoms with Crippen molar-refractivity contribution in [2.75, 3.05) is 13.1 Å². The fraction of sp³-hybridized carbons (Fsp3) is 1.00. The van der Waals surface area contributed by atoms with Gasteiger partial charge < -0.3 is 5.73 Å². The normalized spacial score (nSPS) is 13.5. The molecule has 0 bridgehead atoms. The van der Waals surface area contributed by atoms with Gasteiger partial charge >= 0.3 is 0 Å². The van der Waals surface area contributed by atoms with Gasteiger partial charge in [-0.2, -0.15) is 13.1 Å². The van der Waals surface area contributed by atoms with E-state index in [1.165, 1.54) is 0 Å². The smallest absolute Gasteiger partial charge is 0.277 e. The van der Waals surface area contributed by atoms with Crippen LogP contribution in [0.2, 0.25) is 0 Å². The summed E-state index contributed by atoms with van der Waals surface area (Å²) in [6.45, 7) is 8.43. The van der Waals surface area contributed by atoms with Gasteiger partial charge in [0, 0.05) is 12.1 Å². The summed E-state index contributed by atoms with van der Waals surface area (Å²) >= 11 is 0. The van der Waals surface area contributed by atoms with Gasteiger partial charge in [0.05, 0.1) is 0 Å². The molecule has 15 heavy (non-hydrogen) atoms. The van der Waals surface area contributed by atoms with E-state index in [1.54, 1.807) is 0 Å². The Morgan fingerprint density at radius 3 is 2.27 bits per heavy atom. The first-order valence-corrected chi connectivity index (χ1v) is 6.65. The molecule has 0 aliphatic rings. The molecule has 0 radical (unpaired) electrons. The summed E-state index contributed by atoms with van der Waals surface area (Å²) in [6, 6.07) is 0. The Labute approximate surface area is 93.0 Å². The van der Waals surface area contributed by atoms with Crippen LogP contribution in [-0.4, -0.2) is 27.0 Å². The van der Waals surface area contributed by atoms with E-state index in [-0.39, 0.29) is 0 Å². The fourth-order valence-corrected chi connectivity index (χ4v) is 2.54. The van der Waals surface area contributed by atoms with Crippen LogP contribution in [0.4, 0.5) is 0 Å². The number of rotatable bonds is 7. The van der Waals surface area contributed by atoms with Gasteiger partial charge in [-0.1, -0.05) is 13.8 Å². The third kappa shape index (κ3) is 7.72. The van der Waals surface area contributed by atoms with Gasteiger partial charge in [0.25, 0.3) is 10.2 Å².